The molecule has 1 amide bonds. The number of amides is 1. The van der Waals surface area contributed by atoms with Crippen LogP contribution < -0.4 is 4.90 Å². The third-order valence-electron chi connectivity index (χ3n) is 4.19. The van der Waals surface area contributed by atoms with Crippen molar-refractivity contribution in [1.29, 1.82) is 0 Å². The van der Waals surface area contributed by atoms with Gasteiger partial charge in [0.25, 0.3) is 5.91 Å². The molecule has 0 aliphatic carbocycles. The minimum Gasteiger partial charge on any atom is -0.366 e. The minimum absolute atomic E-state index is 0.00963. The van der Waals surface area contributed by atoms with E-state index in [2.05, 4.69) is 0 Å². The van der Waals surface area contributed by atoms with E-state index in [0.29, 0.717) is 6.07 Å². The van der Waals surface area contributed by atoms with Crippen LogP contribution in [0.3, 0.4) is 0 Å². The van der Waals surface area contributed by atoms with Crippen molar-refractivity contribution in [2.75, 3.05) is 31.1 Å². The molecule has 26 heavy (non-hydrogen) atoms. The van der Waals surface area contributed by atoms with Crippen LogP contribution in [0.1, 0.15) is 10.4 Å². The Bertz CT molecular complexity index is 865. The van der Waals surface area contributed by atoms with Crippen LogP contribution >= 0.6 is 0 Å². The first-order chi connectivity index (χ1) is 12.3. The summed E-state index contributed by atoms with van der Waals surface area (Å²) in [6.07, 6.45) is 0. The van der Waals surface area contributed by atoms with E-state index >= 15 is 0 Å². The lowest BCUT2D eigenvalue weighted by Gasteiger charge is -2.36. The Hall–Kier alpha value is -2.71. The molecule has 1 fully saturated rings. The van der Waals surface area contributed by atoms with Crippen LogP contribution in [0.5, 0.6) is 0 Å². The monoisotopic (exact) mass is 374 g/mol. The van der Waals surface area contributed by atoms with Crippen LogP contribution in [-0.2, 0) is 0 Å². The number of hydrogen-bond acceptors (Lipinski definition) is 2. The van der Waals surface area contributed by atoms with Crippen molar-refractivity contribution in [1.82, 2.24) is 4.90 Å². The van der Waals surface area contributed by atoms with Gasteiger partial charge < -0.3 is 9.80 Å². The second-order valence-corrected chi connectivity index (χ2v) is 5.70. The third-order valence-corrected chi connectivity index (χ3v) is 4.19. The zero-order chi connectivity index (χ0) is 19.0. The van der Waals surface area contributed by atoms with E-state index in [1.165, 1.54) is 9.80 Å². The smallest absolute Gasteiger partial charge is 0.257 e. The summed E-state index contributed by atoms with van der Waals surface area (Å²) in [7, 11) is 0. The molecule has 1 aliphatic heterocycles. The van der Waals surface area contributed by atoms with Crippen LogP contribution in [0.2, 0.25) is 0 Å². The molecule has 0 spiro atoms. The lowest BCUT2D eigenvalue weighted by Crippen LogP contribution is -2.49. The molecule has 9 heteroatoms. The molecule has 3 nitrogen and oxygen atoms in total. The molecule has 1 saturated heterocycles. The van der Waals surface area contributed by atoms with Crippen molar-refractivity contribution >= 4 is 11.6 Å². The number of piperazine rings is 1. The number of carbonyl (C=O) groups is 1. The van der Waals surface area contributed by atoms with Gasteiger partial charge in [0.1, 0.15) is 0 Å². The van der Waals surface area contributed by atoms with Gasteiger partial charge in [-0.2, -0.15) is 0 Å². The zero-order valence-electron chi connectivity index (χ0n) is 13.2. The second-order valence-electron chi connectivity index (χ2n) is 5.70. The fraction of sp³-hybridized carbons (Fsp3) is 0.235. The summed E-state index contributed by atoms with van der Waals surface area (Å²) < 4.78 is 80.2. The maximum absolute atomic E-state index is 13.8. The van der Waals surface area contributed by atoms with E-state index in [9.17, 15) is 31.1 Å². The number of nitrogens with zero attached hydrogens (tertiary/aromatic N) is 2. The van der Waals surface area contributed by atoms with Gasteiger partial charge in [-0.15, -0.1) is 0 Å². The first-order valence-electron chi connectivity index (χ1n) is 7.62. The van der Waals surface area contributed by atoms with Gasteiger partial charge in [-0.25, -0.2) is 26.3 Å². The Morgan fingerprint density at radius 3 is 1.85 bits per heavy atom. The average molecular weight is 374 g/mol. The van der Waals surface area contributed by atoms with Crippen LogP contribution in [-0.4, -0.2) is 37.0 Å². The molecule has 0 radical (unpaired) electrons. The summed E-state index contributed by atoms with van der Waals surface area (Å²) in [4.78, 5) is 14.9. The number of rotatable bonds is 2. The second kappa shape index (κ2) is 6.89. The van der Waals surface area contributed by atoms with Gasteiger partial charge in [0.05, 0.1) is 11.3 Å². The Morgan fingerprint density at radius 2 is 1.23 bits per heavy atom. The maximum Gasteiger partial charge on any atom is 0.257 e. The molecule has 1 aliphatic rings. The van der Waals surface area contributed by atoms with Gasteiger partial charge in [-0.3, -0.25) is 4.79 Å². The first-order valence-corrected chi connectivity index (χ1v) is 7.62. The summed E-state index contributed by atoms with van der Waals surface area (Å²) in [5, 5.41) is 0. The molecule has 0 bridgehead atoms. The highest BCUT2D eigenvalue weighted by Crippen LogP contribution is 2.25. The Morgan fingerprint density at radius 1 is 0.692 bits per heavy atom. The van der Waals surface area contributed by atoms with Gasteiger partial charge in [0.2, 0.25) is 0 Å². The van der Waals surface area contributed by atoms with E-state index in [4.69, 9.17) is 0 Å². The predicted molar refractivity (Wildman–Crippen MR) is 80.7 cm³/mol. The van der Waals surface area contributed by atoms with Gasteiger partial charge >= 0.3 is 0 Å². The summed E-state index contributed by atoms with van der Waals surface area (Å²) in [5.41, 5.74) is -0.772. The number of hydrogen-bond donors (Lipinski definition) is 0. The van der Waals surface area contributed by atoms with Gasteiger partial charge in [0, 0.05) is 26.2 Å². The van der Waals surface area contributed by atoms with Crippen molar-refractivity contribution in [2.24, 2.45) is 0 Å². The summed E-state index contributed by atoms with van der Waals surface area (Å²) in [6.45, 7) is 0.156. The van der Waals surface area contributed by atoms with Gasteiger partial charge in [0.15, 0.2) is 34.9 Å². The molecule has 2 aromatic carbocycles. The van der Waals surface area contributed by atoms with E-state index in [-0.39, 0.29) is 31.9 Å². The standard InChI is InChI=1S/C17H12F6N2O/c18-10-2-1-9(13(20)14(10)21)17(26)25-7-5-24(6-8-25)12-4-3-11(19)15(22)16(12)23/h1-4H,5-8H2. The maximum atomic E-state index is 13.8. The highest BCUT2D eigenvalue weighted by Gasteiger charge is 2.28. The van der Waals surface area contributed by atoms with Gasteiger partial charge in [-0.1, -0.05) is 0 Å². The Kier molecular flexibility index (Phi) is 4.80. The lowest BCUT2D eigenvalue weighted by atomic mass is 10.1. The summed E-state index contributed by atoms with van der Waals surface area (Å²) in [6, 6.07) is 3.37. The molecular weight excluding hydrogens is 362 g/mol. The quantitative estimate of drug-likeness (QED) is 0.594. The number of carbonyl (C=O) groups excluding carboxylic acids is 1. The van der Waals surface area contributed by atoms with Crippen molar-refractivity contribution in [3.8, 4) is 0 Å². The number of anilines is 1. The topological polar surface area (TPSA) is 23.6 Å². The average Bonchev–Trinajstić information content (AvgIpc) is 2.64. The molecule has 3 rings (SSSR count). The molecule has 138 valence electrons. The molecular formula is C17H12F6N2O. The van der Waals surface area contributed by atoms with E-state index < -0.39 is 46.4 Å². The fourth-order valence-electron chi connectivity index (χ4n) is 2.77. The van der Waals surface area contributed by atoms with Crippen LogP contribution in [0.4, 0.5) is 32.0 Å². The largest absolute Gasteiger partial charge is 0.366 e. The number of benzene rings is 2. The Balaban J connectivity index is 1.74. The molecule has 0 saturated carbocycles. The molecule has 0 N–H and O–H groups in total. The van der Waals surface area contributed by atoms with E-state index in [0.717, 1.165) is 18.2 Å². The van der Waals surface area contributed by atoms with Crippen molar-refractivity contribution in [2.45, 2.75) is 0 Å². The minimum atomic E-state index is -1.74. The highest BCUT2D eigenvalue weighted by molar-refractivity contribution is 5.94. The Labute approximate surface area is 144 Å². The zero-order valence-corrected chi connectivity index (χ0v) is 13.2. The molecule has 0 aromatic heterocycles. The first kappa shape index (κ1) is 18.1. The third kappa shape index (κ3) is 3.09. The van der Waals surface area contributed by atoms with E-state index in [1.807, 2.05) is 0 Å². The molecule has 1 heterocycles. The fourth-order valence-corrected chi connectivity index (χ4v) is 2.77. The lowest BCUT2D eigenvalue weighted by molar-refractivity contribution is 0.0740. The number of halogens is 6. The molecule has 0 unspecified atom stereocenters. The van der Waals surface area contributed by atoms with Crippen molar-refractivity contribution in [3.05, 3.63) is 64.7 Å². The van der Waals surface area contributed by atoms with Gasteiger partial charge in [-0.05, 0) is 24.3 Å². The normalized spacial score (nSPS) is 14.7. The molecule has 0 atom stereocenters. The summed E-state index contributed by atoms with van der Waals surface area (Å²) >= 11 is 0. The van der Waals surface area contributed by atoms with E-state index in [1.54, 1.807) is 0 Å². The highest BCUT2D eigenvalue weighted by atomic mass is 19.2. The SMILES string of the molecule is O=C(c1ccc(F)c(F)c1F)N1CCN(c2ccc(F)c(F)c2F)CC1. The van der Waals surface area contributed by atoms with Crippen molar-refractivity contribution < 1.29 is 31.1 Å². The predicted octanol–water partition coefficient (Wildman–Crippen LogP) is 3.48. The van der Waals surface area contributed by atoms with Crippen molar-refractivity contribution in [3.63, 3.8) is 0 Å². The molecule has 2 aromatic rings. The van der Waals surface area contributed by atoms with Crippen LogP contribution in [0.15, 0.2) is 24.3 Å². The van der Waals surface area contributed by atoms with Crippen LogP contribution in [0, 0.1) is 34.9 Å². The summed E-state index contributed by atoms with van der Waals surface area (Å²) in [5.74, 6) is -9.80. The van der Waals surface area contributed by atoms with Crippen LogP contribution in [0.25, 0.3) is 0 Å².